The zero-order valence-corrected chi connectivity index (χ0v) is 10.5. The lowest BCUT2D eigenvalue weighted by molar-refractivity contribution is 0.0635. The van der Waals surface area contributed by atoms with Crippen LogP contribution in [0.4, 0.5) is 23.7 Å². The van der Waals surface area contributed by atoms with Gasteiger partial charge in [-0.15, -0.1) is 0 Å². The Bertz CT molecular complexity index is 481. The Hall–Kier alpha value is -1.72. The maximum atomic E-state index is 13.6. The number of amides is 1. The number of anilines is 1. The predicted molar refractivity (Wildman–Crippen MR) is 60.9 cm³/mol. The molecule has 0 radical (unpaired) electrons. The van der Waals surface area contributed by atoms with E-state index in [2.05, 4.69) is 0 Å². The molecule has 0 aliphatic heterocycles. The fraction of sp³-hybridized carbons (Fsp3) is 0.417. The summed E-state index contributed by atoms with van der Waals surface area (Å²) in [6.45, 7) is 5.95. The highest BCUT2D eigenvalue weighted by atomic mass is 19.2. The normalized spacial score (nSPS) is 11.3. The summed E-state index contributed by atoms with van der Waals surface area (Å²) < 4.78 is 44.5. The fourth-order valence-electron chi connectivity index (χ4n) is 1.24. The van der Waals surface area contributed by atoms with Gasteiger partial charge in [0.15, 0.2) is 17.5 Å². The molecule has 1 rings (SSSR count). The van der Waals surface area contributed by atoms with Gasteiger partial charge in [0.25, 0.3) is 0 Å². The molecule has 0 spiro atoms. The maximum absolute atomic E-state index is 13.6. The molecule has 0 atom stereocenters. The van der Waals surface area contributed by atoms with Crippen molar-refractivity contribution in [2.45, 2.75) is 33.3 Å². The Kier molecular flexibility index (Phi) is 3.88. The first kappa shape index (κ1) is 14.3. The highest BCUT2D eigenvalue weighted by molar-refractivity contribution is 5.85. The van der Waals surface area contributed by atoms with E-state index in [-0.39, 0.29) is 0 Å². The highest BCUT2D eigenvalue weighted by Gasteiger charge is 2.20. The van der Waals surface area contributed by atoms with Crippen molar-refractivity contribution in [3.63, 3.8) is 0 Å². The third-order valence-electron chi connectivity index (χ3n) is 2.01. The first-order valence-electron chi connectivity index (χ1n) is 5.26. The molecule has 1 aromatic rings. The van der Waals surface area contributed by atoms with Crippen LogP contribution in [0.3, 0.4) is 0 Å². The van der Waals surface area contributed by atoms with Crippen molar-refractivity contribution in [2.75, 3.05) is 5.32 Å². The van der Waals surface area contributed by atoms with Crippen LogP contribution < -0.4 is 5.32 Å². The minimum absolute atomic E-state index is 0.458. The molecule has 0 saturated heterocycles. The summed E-state index contributed by atoms with van der Waals surface area (Å²) in [6.07, 6.45) is -0.938. The number of carbonyl (C=O) groups is 1. The van der Waals surface area contributed by atoms with Gasteiger partial charge in [0, 0.05) is 11.6 Å². The third-order valence-corrected chi connectivity index (χ3v) is 2.01. The van der Waals surface area contributed by atoms with Gasteiger partial charge in [0.05, 0.1) is 5.69 Å². The molecule has 18 heavy (non-hydrogen) atoms. The second-order valence-electron chi connectivity index (χ2n) is 4.79. The summed E-state index contributed by atoms with van der Waals surface area (Å²) >= 11 is 0. The van der Waals surface area contributed by atoms with E-state index in [1.807, 2.05) is 5.32 Å². The molecule has 1 aromatic carbocycles. The molecule has 1 N–H and O–H groups in total. The minimum Gasteiger partial charge on any atom is -0.444 e. The van der Waals surface area contributed by atoms with Crippen molar-refractivity contribution < 1.29 is 22.7 Å². The lowest BCUT2D eigenvalue weighted by Crippen LogP contribution is -2.27. The van der Waals surface area contributed by atoms with Crippen molar-refractivity contribution in [1.82, 2.24) is 0 Å². The van der Waals surface area contributed by atoms with Crippen LogP contribution in [-0.2, 0) is 4.74 Å². The number of hydrogen-bond donors (Lipinski definition) is 1. The molecule has 0 heterocycles. The average molecular weight is 261 g/mol. The standard InChI is InChI=1S/C12H14F3NO2/c1-6-9(14)7(13)5-8(10(6)15)16-11(17)18-12(2,3)4/h5H,1-4H3,(H,16,17). The Balaban J connectivity index is 2.96. The Labute approximate surface area is 103 Å². The second-order valence-corrected chi connectivity index (χ2v) is 4.79. The first-order valence-corrected chi connectivity index (χ1v) is 5.26. The van der Waals surface area contributed by atoms with E-state index in [9.17, 15) is 18.0 Å². The summed E-state index contributed by atoms with van der Waals surface area (Å²) in [5.74, 6) is -3.54. The van der Waals surface area contributed by atoms with Crippen LogP contribution in [0.5, 0.6) is 0 Å². The van der Waals surface area contributed by atoms with E-state index in [0.717, 1.165) is 6.92 Å². The Morgan fingerprint density at radius 2 is 1.78 bits per heavy atom. The van der Waals surface area contributed by atoms with Gasteiger partial charge in [-0.1, -0.05) is 0 Å². The number of rotatable bonds is 1. The van der Waals surface area contributed by atoms with Gasteiger partial charge in [-0.25, -0.2) is 18.0 Å². The van der Waals surface area contributed by atoms with Crippen LogP contribution in [0.25, 0.3) is 0 Å². The molecule has 6 heteroatoms. The van der Waals surface area contributed by atoms with Gasteiger partial charge >= 0.3 is 6.09 Å². The number of ether oxygens (including phenoxy) is 1. The van der Waals surface area contributed by atoms with Crippen LogP contribution in [-0.4, -0.2) is 11.7 Å². The molecule has 0 unspecified atom stereocenters. The molecule has 0 aromatic heterocycles. The van der Waals surface area contributed by atoms with E-state index in [1.54, 1.807) is 20.8 Å². The topological polar surface area (TPSA) is 38.3 Å². The largest absolute Gasteiger partial charge is 0.444 e. The summed E-state index contributed by atoms with van der Waals surface area (Å²) in [4.78, 5) is 11.4. The average Bonchev–Trinajstić information content (AvgIpc) is 2.20. The minimum atomic E-state index is -1.28. The molecular formula is C12H14F3NO2. The SMILES string of the molecule is Cc1c(F)c(F)cc(NC(=O)OC(C)(C)C)c1F. The molecule has 0 saturated carbocycles. The van der Waals surface area contributed by atoms with Gasteiger partial charge in [0.1, 0.15) is 5.60 Å². The molecule has 3 nitrogen and oxygen atoms in total. The third kappa shape index (κ3) is 3.38. The Morgan fingerprint density at radius 3 is 2.28 bits per heavy atom. The van der Waals surface area contributed by atoms with Crippen LogP contribution in [0.15, 0.2) is 6.07 Å². The van der Waals surface area contributed by atoms with E-state index in [1.165, 1.54) is 0 Å². The van der Waals surface area contributed by atoms with Gasteiger partial charge < -0.3 is 4.74 Å². The Morgan fingerprint density at radius 1 is 1.22 bits per heavy atom. The summed E-state index contributed by atoms with van der Waals surface area (Å²) in [6, 6.07) is 0.571. The van der Waals surface area contributed by atoms with Crippen molar-refractivity contribution in [3.8, 4) is 0 Å². The highest BCUT2D eigenvalue weighted by Crippen LogP contribution is 2.23. The van der Waals surface area contributed by atoms with E-state index < -0.39 is 40.4 Å². The zero-order chi connectivity index (χ0) is 14.1. The monoisotopic (exact) mass is 261 g/mol. The molecule has 100 valence electrons. The molecule has 0 bridgehead atoms. The van der Waals surface area contributed by atoms with Crippen LogP contribution >= 0.6 is 0 Å². The van der Waals surface area contributed by atoms with Crippen molar-refractivity contribution in [3.05, 3.63) is 29.1 Å². The van der Waals surface area contributed by atoms with Crippen molar-refractivity contribution in [2.24, 2.45) is 0 Å². The number of halogens is 3. The van der Waals surface area contributed by atoms with E-state index in [4.69, 9.17) is 4.74 Å². The van der Waals surface area contributed by atoms with Crippen molar-refractivity contribution >= 4 is 11.8 Å². The summed E-state index contributed by atoms with van der Waals surface area (Å²) in [7, 11) is 0. The fourth-order valence-corrected chi connectivity index (χ4v) is 1.24. The predicted octanol–water partition coefficient (Wildman–Crippen LogP) is 3.76. The van der Waals surface area contributed by atoms with E-state index in [0.29, 0.717) is 6.07 Å². The van der Waals surface area contributed by atoms with Gasteiger partial charge in [-0.05, 0) is 27.7 Å². The molecule has 0 fully saturated rings. The molecular weight excluding hydrogens is 247 g/mol. The molecule has 1 amide bonds. The lowest BCUT2D eigenvalue weighted by atomic mass is 10.2. The van der Waals surface area contributed by atoms with Crippen LogP contribution in [0.2, 0.25) is 0 Å². The number of hydrogen-bond acceptors (Lipinski definition) is 2. The number of benzene rings is 1. The number of carbonyl (C=O) groups excluding carboxylic acids is 1. The quantitative estimate of drug-likeness (QED) is 0.782. The van der Waals surface area contributed by atoms with E-state index >= 15 is 0 Å². The van der Waals surface area contributed by atoms with Crippen molar-refractivity contribution in [1.29, 1.82) is 0 Å². The lowest BCUT2D eigenvalue weighted by Gasteiger charge is -2.20. The van der Waals surface area contributed by atoms with Crippen LogP contribution in [0.1, 0.15) is 26.3 Å². The molecule has 0 aliphatic carbocycles. The van der Waals surface area contributed by atoms with Gasteiger partial charge in [-0.3, -0.25) is 5.32 Å². The smallest absolute Gasteiger partial charge is 0.412 e. The molecule has 0 aliphatic rings. The second kappa shape index (κ2) is 4.88. The maximum Gasteiger partial charge on any atom is 0.412 e. The zero-order valence-electron chi connectivity index (χ0n) is 10.5. The first-order chi connectivity index (χ1) is 8.11. The van der Waals surface area contributed by atoms with Gasteiger partial charge in [-0.2, -0.15) is 0 Å². The van der Waals surface area contributed by atoms with Gasteiger partial charge in [0.2, 0.25) is 0 Å². The number of nitrogens with one attached hydrogen (secondary N) is 1. The summed E-state index contributed by atoms with van der Waals surface area (Å²) in [5, 5.41) is 2.03. The summed E-state index contributed by atoms with van der Waals surface area (Å²) in [5.41, 5.74) is -1.73. The van der Waals surface area contributed by atoms with Crippen LogP contribution in [0, 0.1) is 24.4 Å².